The second-order valence-electron chi connectivity index (χ2n) is 4.91. The molecule has 0 aliphatic rings. The fourth-order valence-electron chi connectivity index (χ4n) is 2.06. The first-order chi connectivity index (χ1) is 12.3. The number of hydrogen-bond acceptors (Lipinski definition) is 5. The molecule has 0 heterocycles. The molecular weight excluding hydrogens is 372 g/mol. The van der Waals surface area contributed by atoms with E-state index in [9.17, 15) is 23.7 Å². The number of allylic oxidation sites excluding steroid dienone is 1. The Hall–Kier alpha value is -3.00. The van der Waals surface area contributed by atoms with Crippen molar-refractivity contribution < 1.29 is 28.0 Å². The van der Waals surface area contributed by atoms with Gasteiger partial charge in [0.2, 0.25) is 0 Å². The van der Waals surface area contributed by atoms with Gasteiger partial charge in [0.05, 0.1) is 12.0 Å². The van der Waals surface area contributed by atoms with Gasteiger partial charge in [-0.15, -0.1) is 0 Å². The highest BCUT2D eigenvalue weighted by molar-refractivity contribution is 6.32. The molecule has 0 bridgehead atoms. The number of alkyl halides is 2. The lowest BCUT2D eigenvalue weighted by Crippen LogP contribution is -2.03. The van der Waals surface area contributed by atoms with Gasteiger partial charge in [-0.25, -0.2) is 0 Å². The van der Waals surface area contributed by atoms with Crippen LogP contribution >= 0.6 is 11.6 Å². The zero-order chi connectivity index (χ0) is 19.3. The highest BCUT2D eigenvalue weighted by Crippen LogP contribution is 2.30. The van der Waals surface area contributed by atoms with Crippen LogP contribution in [0, 0.1) is 10.1 Å². The lowest BCUT2D eigenvalue weighted by Gasteiger charge is -2.10. The van der Waals surface area contributed by atoms with E-state index in [1.807, 2.05) is 0 Å². The van der Waals surface area contributed by atoms with Crippen molar-refractivity contribution >= 4 is 29.1 Å². The van der Waals surface area contributed by atoms with E-state index in [2.05, 4.69) is 4.74 Å². The van der Waals surface area contributed by atoms with Gasteiger partial charge in [0.25, 0.3) is 5.69 Å². The second-order valence-corrected chi connectivity index (χ2v) is 5.32. The van der Waals surface area contributed by atoms with Crippen LogP contribution in [-0.4, -0.2) is 24.4 Å². The van der Waals surface area contributed by atoms with Crippen LogP contribution in [-0.2, 0) is 0 Å². The summed E-state index contributed by atoms with van der Waals surface area (Å²) in [5.41, 5.74) is 0.198. The van der Waals surface area contributed by atoms with E-state index < -0.39 is 17.3 Å². The molecule has 0 saturated carbocycles. The summed E-state index contributed by atoms with van der Waals surface area (Å²) in [6, 6.07) is 7.85. The van der Waals surface area contributed by atoms with Crippen molar-refractivity contribution in [2.75, 3.05) is 7.11 Å². The topological polar surface area (TPSA) is 78.7 Å². The van der Waals surface area contributed by atoms with Gasteiger partial charge in [-0.2, -0.15) is 8.78 Å². The number of rotatable bonds is 7. The largest absolute Gasteiger partial charge is 0.493 e. The van der Waals surface area contributed by atoms with Crippen LogP contribution in [0.15, 0.2) is 42.5 Å². The Balaban J connectivity index is 2.22. The van der Waals surface area contributed by atoms with Crippen molar-refractivity contribution in [1.82, 2.24) is 0 Å². The van der Waals surface area contributed by atoms with Gasteiger partial charge >= 0.3 is 6.61 Å². The Labute approximate surface area is 151 Å². The molecule has 2 rings (SSSR count). The van der Waals surface area contributed by atoms with Crippen molar-refractivity contribution in [3.63, 3.8) is 0 Å². The standard InChI is InChI=1S/C17H12ClF2NO5/c1-25-16-8-10(3-7-15(16)26-17(19)20)2-6-14(22)11-4-5-12(18)13(9-11)21(23)24/h2-9,17H,1H3/b6-2+. The van der Waals surface area contributed by atoms with Gasteiger partial charge in [-0.1, -0.05) is 23.7 Å². The quantitative estimate of drug-likeness (QED) is 0.298. The van der Waals surface area contributed by atoms with E-state index in [-0.39, 0.29) is 27.8 Å². The minimum Gasteiger partial charge on any atom is -0.493 e. The number of nitro benzene ring substituents is 1. The minimum absolute atomic E-state index is 0.0713. The molecule has 0 aliphatic carbocycles. The minimum atomic E-state index is -2.99. The zero-order valence-electron chi connectivity index (χ0n) is 13.3. The molecule has 2 aromatic rings. The molecule has 0 atom stereocenters. The summed E-state index contributed by atoms with van der Waals surface area (Å²) < 4.78 is 33.9. The van der Waals surface area contributed by atoms with Gasteiger partial charge in [0.1, 0.15) is 5.02 Å². The molecule has 0 saturated heterocycles. The lowest BCUT2D eigenvalue weighted by atomic mass is 10.1. The molecule has 0 radical (unpaired) electrons. The molecule has 0 N–H and O–H groups in total. The first-order valence-corrected chi connectivity index (χ1v) is 7.49. The number of hydrogen-bond donors (Lipinski definition) is 0. The van der Waals surface area contributed by atoms with Crippen LogP contribution < -0.4 is 9.47 Å². The molecule has 0 unspecified atom stereocenters. The number of carbonyl (C=O) groups excluding carboxylic acids is 1. The summed E-state index contributed by atoms with van der Waals surface area (Å²) in [5, 5.41) is 10.8. The summed E-state index contributed by atoms with van der Waals surface area (Å²) in [5.74, 6) is -0.557. The molecule has 136 valence electrons. The number of halogens is 3. The van der Waals surface area contributed by atoms with Crippen molar-refractivity contribution in [2.45, 2.75) is 6.61 Å². The first kappa shape index (κ1) is 19.3. The van der Waals surface area contributed by atoms with Crippen molar-refractivity contribution in [3.8, 4) is 11.5 Å². The van der Waals surface area contributed by atoms with Gasteiger partial charge in [-0.3, -0.25) is 14.9 Å². The molecular formula is C17H12ClF2NO5. The predicted molar refractivity (Wildman–Crippen MR) is 91.1 cm³/mol. The van der Waals surface area contributed by atoms with Crippen molar-refractivity contribution in [3.05, 3.63) is 68.7 Å². The van der Waals surface area contributed by atoms with Crippen LogP contribution in [0.4, 0.5) is 14.5 Å². The van der Waals surface area contributed by atoms with Gasteiger partial charge in [0.15, 0.2) is 17.3 Å². The van der Waals surface area contributed by atoms with E-state index >= 15 is 0 Å². The molecule has 0 aromatic heterocycles. The Morgan fingerprint density at radius 3 is 2.58 bits per heavy atom. The average molecular weight is 384 g/mol. The smallest absolute Gasteiger partial charge is 0.387 e. The summed E-state index contributed by atoms with van der Waals surface area (Å²) >= 11 is 5.70. The van der Waals surface area contributed by atoms with E-state index in [0.717, 1.165) is 6.07 Å². The first-order valence-electron chi connectivity index (χ1n) is 7.11. The number of nitrogens with zero attached hydrogens (tertiary/aromatic N) is 1. The molecule has 0 spiro atoms. The molecule has 0 amide bonds. The van der Waals surface area contributed by atoms with Crippen LogP contribution in [0.3, 0.4) is 0 Å². The maximum Gasteiger partial charge on any atom is 0.387 e. The maximum atomic E-state index is 12.3. The monoisotopic (exact) mass is 383 g/mol. The van der Waals surface area contributed by atoms with Gasteiger partial charge < -0.3 is 9.47 Å². The van der Waals surface area contributed by atoms with E-state index in [0.29, 0.717) is 5.56 Å². The number of methoxy groups -OCH3 is 1. The molecule has 26 heavy (non-hydrogen) atoms. The highest BCUT2D eigenvalue weighted by Gasteiger charge is 2.15. The summed E-state index contributed by atoms with van der Waals surface area (Å²) in [6.45, 7) is -2.99. The number of carbonyl (C=O) groups is 1. The van der Waals surface area contributed by atoms with Crippen LogP contribution in [0.25, 0.3) is 6.08 Å². The maximum absolute atomic E-state index is 12.3. The Kier molecular flexibility index (Phi) is 6.24. The van der Waals surface area contributed by atoms with Crippen molar-refractivity contribution in [2.24, 2.45) is 0 Å². The fourth-order valence-corrected chi connectivity index (χ4v) is 2.24. The average Bonchev–Trinajstić information content (AvgIpc) is 2.60. The number of ether oxygens (including phenoxy) is 2. The van der Waals surface area contributed by atoms with Crippen LogP contribution in [0.2, 0.25) is 5.02 Å². The third-order valence-electron chi connectivity index (χ3n) is 3.26. The van der Waals surface area contributed by atoms with Gasteiger partial charge in [0, 0.05) is 11.6 Å². The second kappa shape index (κ2) is 8.39. The third-order valence-corrected chi connectivity index (χ3v) is 3.58. The Bertz CT molecular complexity index is 870. The highest BCUT2D eigenvalue weighted by atomic mass is 35.5. The summed E-state index contributed by atoms with van der Waals surface area (Å²) in [6.07, 6.45) is 2.60. The Morgan fingerprint density at radius 1 is 1.23 bits per heavy atom. The normalized spacial score (nSPS) is 11.0. The Morgan fingerprint density at radius 2 is 1.96 bits per heavy atom. The third kappa shape index (κ3) is 4.76. The SMILES string of the molecule is COc1cc(/C=C/C(=O)c2ccc(Cl)c([N+](=O)[O-])c2)ccc1OC(F)F. The predicted octanol–water partition coefficient (Wildman–Crippen LogP) is 4.75. The number of nitro groups is 1. The summed E-state index contributed by atoms with van der Waals surface area (Å²) in [7, 11) is 1.29. The van der Waals surface area contributed by atoms with E-state index in [4.69, 9.17) is 16.3 Å². The molecule has 2 aromatic carbocycles. The molecule has 0 fully saturated rings. The van der Waals surface area contributed by atoms with Crippen LogP contribution in [0.5, 0.6) is 11.5 Å². The molecule has 9 heteroatoms. The number of ketones is 1. The molecule has 0 aliphatic heterocycles. The van der Waals surface area contributed by atoms with Crippen LogP contribution in [0.1, 0.15) is 15.9 Å². The zero-order valence-corrected chi connectivity index (χ0v) is 14.1. The van der Waals surface area contributed by atoms with Crippen molar-refractivity contribution in [1.29, 1.82) is 0 Å². The van der Waals surface area contributed by atoms with Gasteiger partial charge in [-0.05, 0) is 35.9 Å². The van der Waals surface area contributed by atoms with E-state index in [1.54, 1.807) is 0 Å². The lowest BCUT2D eigenvalue weighted by molar-refractivity contribution is -0.384. The van der Waals surface area contributed by atoms with E-state index in [1.165, 1.54) is 49.6 Å². The summed E-state index contributed by atoms with van der Waals surface area (Å²) in [4.78, 5) is 22.3. The molecule has 6 nitrogen and oxygen atoms in total. The number of benzene rings is 2. The fraction of sp³-hybridized carbons (Fsp3) is 0.118.